The molecular formula is C21H18F3NO3. The molecule has 0 N–H and O–H groups in total. The van der Waals surface area contributed by atoms with E-state index in [1.165, 1.54) is 18.2 Å². The number of anilines is 1. The Labute approximate surface area is 160 Å². The highest BCUT2D eigenvalue weighted by Gasteiger charge is 2.31. The molecular weight excluding hydrogens is 371 g/mol. The standard InChI is InChI=1S/C21H18F3NO3/c1-14-11-16-6-2-3-8-18(16)25(14)19(26)13-28-20(27)10-9-15-5-4-7-17(12-15)21(22,23)24/h2-10,12,14H,11,13H2,1H3/b10-9+/t14-/m1/s1. The number of hydrogen-bond donors (Lipinski definition) is 0. The van der Waals surface area contributed by atoms with E-state index in [4.69, 9.17) is 4.74 Å². The van der Waals surface area contributed by atoms with Crippen LogP contribution in [-0.2, 0) is 26.9 Å². The third kappa shape index (κ3) is 4.42. The van der Waals surface area contributed by atoms with E-state index in [9.17, 15) is 22.8 Å². The van der Waals surface area contributed by atoms with Crippen molar-refractivity contribution < 1.29 is 27.5 Å². The molecule has 0 bridgehead atoms. The van der Waals surface area contributed by atoms with E-state index >= 15 is 0 Å². The van der Waals surface area contributed by atoms with Crippen LogP contribution in [0.4, 0.5) is 18.9 Å². The van der Waals surface area contributed by atoms with Gasteiger partial charge < -0.3 is 9.64 Å². The highest BCUT2D eigenvalue weighted by atomic mass is 19.4. The van der Waals surface area contributed by atoms with Gasteiger partial charge in [0.1, 0.15) is 0 Å². The average Bonchev–Trinajstić information content (AvgIpc) is 2.99. The summed E-state index contributed by atoms with van der Waals surface area (Å²) < 4.78 is 43.1. The maximum atomic E-state index is 12.7. The number of halogens is 3. The third-order valence-electron chi connectivity index (χ3n) is 4.44. The molecule has 146 valence electrons. The molecule has 1 aliphatic rings. The molecule has 0 spiro atoms. The lowest BCUT2D eigenvalue weighted by Gasteiger charge is -2.22. The van der Waals surface area contributed by atoms with Crippen molar-refractivity contribution >= 4 is 23.6 Å². The van der Waals surface area contributed by atoms with Crippen LogP contribution in [-0.4, -0.2) is 24.5 Å². The number of ether oxygens (including phenoxy) is 1. The van der Waals surface area contributed by atoms with Crippen molar-refractivity contribution in [2.75, 3.05) is 11.5 Å². The van der Waals surface area contributed by atoms with Crippen LogP contribution >= 0.6 is 0 Å². The summed E-state index contributed by atoms with van der Waals surface area (Å²) in [6.45, 7) is 1.47. The molecule has 0 fully saturated rings. The van der Waals surface area contributed by atoms with Crippen LogP contribution in [0.1, 0.15) is 23.6 Å². The molecule has 4 nitrogen and oxygen atoms in total. The van der Waals surface area contributed by atoms with Gasteiger partial charge in [-0.25, -0.2) is 4.79 Å². The zero-order chi connectivity index (χ0) is 20.3. The maximum Gasteiger partial charge on any atom is 0.416 e. The summed E-state index contributed by atoms with van der Waals surface area (Å²) in [4.78, 5) is 25.9. The van der Waals surface area contributed by atoms with Gasteiger partial charge in [-0.2, -0.15) is 13.2 Å². The first-order chi connectivity index (χ1) is 13.3. The van der Waals surface area contributed by atoms with Crippen LogP contribution in [0.25, 0.3) is 6.08 Å². The Kier molecular flexibility index (Phi) is 5.53. The van der Waals surface area contributed by atoms with Crippen LogP contribution < -0.4 is 4.90 Å². The fourth-order valence-electron chi connectivity index (χ4n) is 3.18. The summed E-state index contributed by atoms with van der Waals surface area (Å²) in [6, 6.07) is 12.1. The van der Waals surface area contributed by atoms with E-state index in [1.807, 2.05) is 31.2 Å². The second-order valence-electron chi connectivity index (χ2n) is 6.51. The summed E-state index contributed by atoms with van der Waals surface area (Å²) in [5.74, 6) is -1.15. The van der Waals surface area contributed by atoms with Crippen molar-refractivity contribution in [3.05, 3.63) is 71.3 Å². The number of carbonyl (C=O) groups excluding carboxylic acids is 2. The Morgan fingerprint density at radius 1 is 1.18 bits per heavy atom. The van der Waals surface area contributed by atoms with Gasteiger partial charge in [0.2, 0.25) is 0 Å². The van der Waals surface area contributed by atoms with E-state index in [2.05, 4.69) is 0 Å². The molecule has 2 aromatic rings. The normalized spacial score (nSPS) is 16.3. The van der Waals surface area contributed by atoms with Gasteiger partial charge in [0.15, 0.2) is 6.61 Å². The van der Waals surface area contributed by atoms with Gasteiger partial charge in [-0.15, -0.1) is 0 Å². The maximum absolute atomic E-state index is 12.7. The number of esters is 1. The van der Waals surface area contributed by atoms with Crippen LogP contribution in [0.5, 0.6) is 0 Å². The summed E-state index contributed by atoms with van der Waals surface area (Å²) in [6.07, 6.45) is -1.51. The van der Waals surface area contributed by atoms with E-state index in [0.717, 1.165) is 35.9 Å². The second-order valence-corrected chi connectivity index (χ2v) is 6.51. The molecule has 3 rings (SSSR count). The van der Waals surface area contributed by atoms with Gasteiger partial charge in [-0.1, -0.05) is 30.3 Å². The molecule has 1 aliphatic heterocycles. The minimum absolute atomic E-state index is 0.0377. The Morgan fingerprint density at radius 3 is 2.68 bits per heavy atom. The minimum atomic E-state index is -4.46. The van der Waals surface area contributed by atoms with E-state index < -0.39 is 24.3 Å². The Balaban J connectivity index is 1.59. The number of alkyl halides is 3. The summed E-state index contributed by atoms with van der Waals surface area (Å²) in [7, 11) is 0. The molecule has 0 saturated carbocycles. The second kappa shape index (κ2) is 7.88. The van der Waals surface area contributed by atoms with Gasteiger partial charge in [-0.3, -0.25) is 4.79 Å². The van der Waals surface area contributed by atoms with Crippen molar-refractivity contribution in [1.29, 1.82) is 0 Å². The largest absolute Gasteiger partial charge is 0.452 e. The first kappa shape index (κ1) is 19.7. The molecule has 1 amide bonds. The Bertz CT molecular complexity index is 921. The number of nitrogens with zero attached hydrogens (tertiary/aromatic N) is 1. The number of para-hydroxylation sites is 1. The number of hydrogen-bond acceptors (Lipinski definition) is 3. The Morgan fingerprint density at radius 2 is 1.93 bits per heavy atom. The first-order valence-electron chi connectivity index (χ1n) is 8.68. The molecule has 0 radical (unpaired) electrons. The van der Waals surface area contributed by atoms with Crippen LogP contribution in [0.2, 0.25) is 0 Å². The molecule has 28 heavy (non-hydrogen) atoms. The summed E-state index contributed by atoms with van der Waals surface area (Å²) in [5, 5.41) is 0. The topological polar surface area (TPSA) is 46.6 Å². The van der Waals surface area contributed by atoms with E-state index in [1.54, 1.807) is 4.90 Å². The van der Waals surface area contributed by atoms with Crippen molar-refractivity contribution in [2.45, 2.75) is 25.6 Å². The highest BCUT2D eigenvalue weighted by Crippen LogP contribution is 2.32. The number of amides is 1. The van der Waals surface area contributed by atoms with Crippen LogP contribution in [0, 0.1) is 0 Å². The highest BCUT2D eigenvalue weighted by molar-refractivity contribution is 5.98. The summed E-state index contributed by atoms with van der Waals surface area (Å²) >= 11 is 0. The van der Waals surface area contributed by atoms with Gasteiger partial charge >= 0.3 is 12.1 Å². The van der Waals surface area contributed by atoms with Crippen molar-refractivity contribution in [3.8, 4) is 0 Å². The molecule has 0 unspecified atom stereocenters. The summed E-state index contributed by atoms with van der Waals surface area (Å²) in [5.41, 5.74) is 1.26. The molecule has 2 aromatic carbocycles. The minimum Gasteiger partial charge on any atom is -0.452 e. The predicted molar refractivity (Wildman–Crippen MR) is 98.5 cm³/mol. The lowest BCUT2D eigenvalue weighted by Crippen LogP contribution is -2.38. The number of fused-ring (bicyclic) bond motifs is 1. The average molecular weight is 389 g/mol. The van der Waals surface area contributed by atoms with Gasteiger partial charge in [0, 0.05) is 17.8 Å². The van der Waals surface area contributed by atoms with Gasteiger partial charge in [-0.05, 0) is 48.7 Å². The lowest BCUT2D eigenvalue weighted by atomic mass is 10.1. The fourth-order valence-corrected chi connectivity index (χ4v) is 3.18. The zero-order valence-electron chi connectivity index (χ0n) is 15.1. The smallest absolute Gasteiger partial charge is 0.416 e. The number of rotatable bonds is 4. The molecule has 1 heterocycles. The van der Waals surface area contributed by atoms with Crippen molar-refractivity contribution in [3.63, 3.8) is 0 Å². The third-order valence-corrected chi connectivity index (χ3v) is 4.44. The lowest BCUT2D eigenvalue weighted by molar-refractivity contribution is -0.143. The fraction of sp³-hybridized carbons (Fsp3) is 0.238. The Hall–Kier alpha value is -3.09. The van der Waals surface area contributed by atoms with E-state index in [0.29, 0.717) is 0 Å². The number of carbonyl (C=O) groups is 2. The molecule has 0 saturated heterocycles. The molecule has 0 aliphatic carbocycles. The number of benzene rings is 2. The predicted octanol–water partition coefficient (Wildman–Crippen LogP) is 4.24. The molecule has 1 atom stereocenters. The van der Waals surface area contributed by atoms with Crippen LogP contribution in [0.15, 0.2) is 54.6 Å². The van der Waals surface area contributed by atoms with Crippen LogP contribution in [0.3, 0.4) is 0 Å². The van der Waals surface area contributed by atoms with Gasteiger partial charge in [0.25, 0.3) is 5.91 Å². The van der Waals surface area contributed by atoms with Crippen molar-refractivity contribution in [1.82, 2.24) is 0 Å². The SMILES string of the molecule is C[C@@H]1Cc2ccccc2N1C(=O)COC(=O)/C=C/c1cccc(C(F)(F)F)c1. The van der Waals surface area contributed by atoms with E-state index in [-0.39, 0.29) is 17.5 Å². The quantitative estimate of drug-likeness (QED) is 0.581. The van der Waals surface area contributed by atoms with Crippen molar-refractivity contribution in [2.24, 2.45) is 0 Å². The molecule has 0 aromatic heterocycles. The monoisotopic (exact) mass is 389 g/mol. The first-order valence-corrected chi connectivity index (χ1v) is 8.68. The van der Waals surface area contributed by atoms with Gasteiger partial charge in [0.05, 0.1) is 5.56 Å². The molecule has 7 heteroatoms. The zero-order valence-corrected chi connectivity index (χ0v) is 15.1.